The second kappa shape index (κ2) is 48.1. The molecule has 352 valence electrons. The van der Waals surface area contributed by atoms with Crippen LogP contribution in [0.3, 0.4) is 0 Å². The van der Waals surface area contributed by atoms with Gasteiger partial charge in [-0.05, 0) is 64.2 Å². The van der Waals surface area contributed by atoms with Crippen LogP contribution in [0.25, 0.3) is 0 Å². The van der Waals surface area contributed by atoms with Crippen molar-refractivity contribution in [2.24, 2.45) is 0 Å². The molecule has 0 aromatic carbocycles. The van der Waals surface area contributed by atoms with Crippen LogP contribution in [-0.4, -0.2) is 46.9 Å². The number of hydrogen-bond acceptors (Lipinski definition) is 5. The average molecular weight is 844 g/mol. The number of nitrogens with one attached hydrogen (secondary N) is 1. The van der Waals surface area contributed by atoms with E-state index in [1.54, 1.807) is 0 Å². The molecule has 0 aromatic rings. The second-order valence-electron chi connectivity index (χ2n) is 17.9. The van der Waals surface area contributed by atoms with Crippen molar-refractivity contribution in [2.45, 2.75) is 289 Å². The number of carbonyl (C=O) groups excluding carboxylic acids is 2. The molecule has 0 bridgehead atoms. The summed E-state index contributed by atoms with van der Waals surface area (Å²) in [5.74, 6) is -0.505. The van der Waals surface area contributed by atoms with Crippen molar-refractivity contribution in [3.8, 4) is 0 Å². The Hall–Kier alpha value is -1.92. The van der Waals surface area contributed by atoms with Crippen LogP contribution in [0.15, 0.2) is 36.5 Å². The Morgan fingerprint density at radius 3 is 1.30 bits per heavy atom. The SMILES string of the molecule is CCCCC/C=C\C/C=C\C/C=C\CCCCC(CC(=O)NC(CO)C(O)CCCCCCCCCCCCCCCCCCC)OC(=O)CCCCCCCCCCC. The third-order valence-electron chi connectivity index (χ3n) is 12.0. The van der Waals surface area contributed by atoms with Crippen molar-refractivity contribution >= 4 is 11.9 Å². The fraction of sp³-hybridized carbons (Fsp3) is 0.852. The molecule has 0 radical (unpaired) electrons. The first-order valence-electron chi connectivity index (χ1n) is 26.2. The van der Waals surface area contributed by atoms with Gasteiger partial charge in [0.25, 0.3) is 0 Å². The fourth-order valence-electron chi connectivity index (χ4n) is 7.97. The summed E-state index contributed by atoms with van der Waals surface area (Å²) < 4.78 is 5.90. The van der Waals surface area contributed by atoms with Crippen LogP contribution in [0.2, 0.25) is 0 Å². The molecule has 0 spiro atoms. The molecule has 0 aliphatic rings. The standard InChI is InChI=1S/C54H101NO5/c1-4-7-10-13-16-19-21-23-25-26-28-30-32-35-37-40-43-46-52(57)51(49-56)55-53(58)48-50(60-54(59)47-44-41-38-33-18-15-12-9-6-3)45-42-39-36-34-31-29-27-24-22-20-17-14-11-8-5-2/h17,20,24,27,31,34,50-52,56-57H,4-16,18-19,21-23,25-26,28-30,32-33,35-49H2,1-3H3,(H,55,58)/b20-17-,27-24-,34-31-. The number of ether oxygens (including phenoxy) is 1. The minimum absolute atomic E-state index is 0.0551. The minimum atomic E-state index is -0.795. The summed E-state index contributed by atoms with van der Waals surface area (Å²) in [6.45, 7) is 6.44. The van der Waals surface area contributed by atoms with Crippen LogP contribution in [0.5, 0.6) is 0 Å². The molecule has 0 saturated carbocycles. The van der Waals surface area contributed by atoms with Gasteiger partial charge in [-0.25, -0.2) is 0 Å². The van der Waals surface area contributed by atoms with Crippen LogP contribution in [0.4, 0.5) is 0 Å². The van der Waals surface area contributed by atoms with Gasteiger partial charge in [0.15, 0.2) is 0 Å². The number of rotatable bonds is 47. The first-order valence-corrected chi connectivity index (χ1v) is 26.2. The van der Waals surface area contributed by atoms with E-state index in [9.17, 15) is 19.8 Å². The van der Waals surface area contributed by atoms with Gasteiger partial charge in [-0.15, -0.1) is 0 Å². The first kappa shape index (κ1) is 58.1. The van der Waals surface area contributed by atoms with Gasteiger partial charge in [-0.3, -0.25) is 9.59 Å². The molecule has 1 amide bonds. The number of carbonyl (C=O) groups is 2. The number of unbranched alkanes of at least 4 members (excludes halogenated alkanes) is 29. The Labute approximate surface area is 373 Å². The summed E-state index contributed by atoms with van der Waals surface area (Å²) in [5.41, 5.74) is 0. The van der Waals surface area contributed by atoms with Gasteiger partial charge in [-0.1, -0.05) is 231 Å². The molecule has 60 heavy (non-hydrogen) atoms. The third-order valence-corrected chi connectivity index (χ3v) is 12.0. The molecule has 0 heterocycles. The summed E-state index contributed by atoms with van der Waals surface area (Å²) in [6.07, 6.45) is 56.4. The Bertz CT molecular complexity index is 993. The van der Waals surface area contributed by atoms with Crippen molar-refractivity contribution in [1.29, 1.82) is 0 Å². The van der Waals surface area contributed by atoms with Gasteiger partial charge in [0.2, 0.25) is 5.91 Å². The van der Waals surface area contributed by atoms with E-state index >= 15 is 0 Å². The lowest BCUT2D eigenvalue weighted by molar-refractivity contribution is -0.151. The van der Waals surface area contributed by atoms with E-state index < -0.39 is 18.2 Å². The molecular weight excluding hydrogens is 743 g/mol. The van der Waals surface area contributed by atoms with Gasteiger partial charge in [0.05, 0.1) is 25.2 Å². The largest absolute Gasteiger partial charge is 0.462 e. The molecule has 0 aromatic heterocycles. The number of esters is 1. The van der Waals surface area contributed by atoms with E-state index in [-0.39, 0.29) is 24.9 Å². The van der Waals surface area contributed by atoms with E-state index in [0.717, 1.165) is 70.6 Å². The highest BCUT2D eigenvalue weighted by Gasteiger charge is 2.24. The van der Waals surface area contributed by atoms with Gasteiger partial charge >= 0.3 is 5.97 Å². The molecule has 0 aliphatic carbocycles. The maximum atomic E-state index is 13.2. The minimum Gasteiger partial charge on any atom is -0.462 e. The second-order valence-corrected chi connectivity index (χ2v) is 17.9. The molecule has 0 fully saturated rings. The first-order chi connectivity index (χ1) is 29.5. The molecule has 6 nitrogen and oxygen atoms in total. The van der Waals surface area contributed by atoms with Crippen molar-refractivity contribution in [1.82, 2.24) is 5.32 Å². The number of hydrogen-bond donors (Lipinski definition) is 3. The Morgan fingerprint density at radius 1 is 0.483 bits per heavy atom. The quantitative estimate of drug-likeness (QED) is 0.0322. The smallest absolute Gasteiger partial charge is 0.306 e. The zero-order valence-corrected chi connectivity index (χ0v) is 40.1. The number of aliphatic hydroxyl groups is 2. The average Bonchev–Trinajstić information content (AvgIpc) is 3.24. The van der Waals surface area contributed by atoms with E-state index in [2.05, 4.69) is 62.5 Å². The molecule has 0 aliphatic heterocycles. The van der Waals surface area contributed by atoms with Gasteiger partial charge in [0, 0.05) is 6.42 Å². The maximum Gasteiger partial charge on any atom is 0.306 e. The third kappa shape index (κ3) is 42.8. The van der Waals surface area contributed by atoms with Crippen molar-refractivity contribution < 1.29 is 24.5 Å². The topological polar surface area (TPSA) is 95.9 Å². The van der Waals surface area contributed by atoms with Gasteiger partial charge in [0.1, 0.15) is 6.10 Å². The zero-order valence-electron chi connectivity index (χ0n) is 40.1. The molecule has 3 unspecified atom stereocenters. The number of amides is 1. The number of aliphatic hydroxyl groups excluding tert-OH is 2. The van der Waals surface area contributed by atoms with Crippen LogP contribution in [-0.2, 0) is 14.3 Å². The Kier molecular flexibility index (Phi) is 46.6. The van der Waals surface area contributed by atoms with Crippen LogP contribution < -0.4 is 5.32 Å². The lowest BCUT2D eigenvalue weighted by atomic mass is 10.0. The predicted octanol–water partition coefficient (Wildman–Crippen LogP) is 15.7. The highest BCUT2D eigenvalue weighted by Crippen LogP contribution is 2.18. The monoisotopic (exact) mass is 844 g/mol. The van der Waals surface area contributed by atoms with Crippen LogP contribution in [0, 0.1) is 0 Å². The Balaban J connectivity index is 4.52. The highest BCUT2D eigenvalue weighted by atomic mass is 16.5. The summed E-state index contributed by atoms with van der Waals surface area (Å²) in [5, 5.41) is 23.8. The lowest BCUT2D eigenvalue weighted by Crippen LogP contribution is -2.46. The Morgan fingerprint density at radius 2 is 0.850 bits per heavy atom. The predicted molar refractivity (Wildman–Crippen MR) is 259 cm³/mol. The molecule has 0 saturated heterocycles. The molecule has 0 rings (SSSR count). The zero-order chi connectivity index (χ0) is 43.8. The van der Waals surface area contributed by atoms with Crippen molar-refractivity contribution in [3.05, 3.63) is 36.5 Å². The summed E-state index contributed by atoms with van der Waals surface area (Å²) >= 11 is 0. The van der Waals surface area contributed by atoms with Crippen LogP contribution in [0.1, 0.15) is 271 Å². The molecule has 3 atom stereocenters. The van der Waals surface area contributed by atoms with E-state index in [1.807, 2.05) is 0 Å². The van der Waals surface area contributed by atoms with Gasteiger partial charge < -0.3 is 20.3 Å². The van der Waals surface area contributed by atoms with Crippen LogP contribution >= 0.6 is 0 Å². The summed E-state index contributed by atoms with van der Waals surface area (Å²) in [4.78, 5) is 26.1. The van der Waals surface area contributed by atoms with Crippen molar-refractivity contribution in [3.63, 3.8) is 0 Å². The van der Waals surface area contributed by atoms with E-state index in [0.29, 0.717) is 19.3 Å². The van der Waals surface area contributed by atoms with Crippen molar-refractivity contribution in [2.75, 3.05) is 6.61 Å². The normalized spacial score (nSPS) is 13.5. The molecule has 6 heteroatoms. The lowest BCUT2D eigenvalue weighted by Gasteiger charge is -2.24. The summed E-state index contributed by atoms with van der Waals surface area (Å²) in [7, 11) is 0. The molecular formula is C54H101NO5. The maximum absolute atomic E-state index is 13.2. The number of allylic oxidation sites excluding steroid dienone is 6. The highest BCUT2D eigenvalue weighted by molar-refractivity contribution is 5.77. The van der Waals surface area contributed by atoms with E-state index in [1.165, 1.54) is 154 Å². The molecule has 3 N–H and O–H groups in total. The summed E-state index contributed by atoms with van der Waals surface area (Å²) in [6, 6.07) is -0.710. The fourth-order valence-corrected chi connectivity index (χ4v) is 7.97. The van der Waals surface area contributed by atoms with Gasteiger partial charge in [-0.2, -0.15) is 0 Å². The van der Waals surface area contributed by atoms with E-state index in [4.69, 9.17) is 4.74 Å².